The highest BCUT2D eigenvalue weighted by Gasteiger charge is 2.26. The summed E-state index contributed by atoms with van der Waals surface area (Å²) in [5, 5.41) is 5.86. The van der Waals surface area contributed by atoms with Gasteiger partial charge in [0.1, 0.15) is 5.75 Å². The minimum atomic E-state index is -0.258. The molecule has 7 nitrogen and oxygen atoms in total. The first kappa shape index (κ1) is 19.7. The Balaban J connectivity index is 1.75. The molecule has 148 valence electrons. The van der Waals surface area contributed by atoms with Gasteiger partial charge >= 0.3 is 6.03 Å². The maximum atomic E-state index is 13.0. The summed E-state index contributed by atoms with van der Waals surface area (Å²) in [6.45, 7) is 4.65. The Morgan fingerprint density at radius 3 is 2.75 bits per heavy atom. The summed E-state index contributed by atoms with van der Waals surface area (Å²) in [4.78, 5) is 30.6. The standard InChI is InChI=1S/C21H26N4O3/c1-15(2)28-19-9-4-3-8-18(19)24-21(27)25(13-16-7-5-6-12-22-16)14-17-10-11-20(26)23-17/h3-9,12,15,17H,10-11,13-14H2,1-2H3,(H,23,26)(H,24,27)/t17-/m0/s1. The number of nitrogens with zero attached hydrogens (tertiary/aromatic N) is 2. The van der Waals surface area contributed by atoms with Crippen molar-refractivity contribution in [3.63, 3.8) is 0 Å². The Bertz CT molecular complexity index is 810. The third-order valence-corrected chi connectivity index (χ3v) is 4.38. The number of hydrogen-bond acceptors (Lipinski definition) is 4. The van der Waals surface area contributed by atoms with Gasteiger partial charge in [-0.3, -0.25) is 9.78 Å². The van der Waals surface area contributed by atoms with E-state index in [1.807, 2.05) is 56.3 Å². The fraction of sp³-hybridized carbons (Fsp3) is 0.381. The van der Waals surface area contributed by atoms with E-state index in [1.165, 1.54) is 0 Å². The van der Waals surface area contributed by atoms with Crippen molar-refractivity contribution < 1.29 is 14.3 Å². The molecule has 2 aromatic rings. The average molecular weight is 382 g/mol. The van der Waals surface area contributed by atoms with Crippen molar-refractivity contribution >= 4 is 17.6 Å². The lowest BCUT2D eigenvalue weighted by atomic mass is 10.2. The summed E-state index contributed by atoms with van der Waals surface area (Å²) >= 11 is 0. The summed E-state index contributed by atoms with van der Waals surface area (Å²) in [6, 6.07) is 12.7. The van der Waals surface area contributed by atoms with E-state index >= 15 is 0 Å². The van der Waals surface area contributed by atoms with Crippen LogP contribution in [0.5, 0.6) is 5.75 Å². The van der Waals surface area contributed by atoms with Crippen LogP contribution < -0.4 is 15.4 Å². The van der Waals surface area contributed by atoms with Crippen molar-refractivity contribution in [2.75, 3.05) is 11.9 Å². The first-order chi connectivity index (χ1) is 13.5. The van der Waals surface area contributed by atoms with E-state index in [2.05, 4.69) is 15.6 Å². The molecule has 3 amide bonds. The molecule has 0 spiro atoms. The number of aromatic nitrogens is 1. The van der Waals surface area contributed by atoms with Crippen molar-refractivity contribution in [2.45, 2.75) is 45.4 Å². The fourth-order valence-electron chi connectivity index (χ4n) is 3.11. The zero-order valence-electron chi connectivity index (χ0n) is 16.2. The molecule has 0 unspecified atom stereocenters. The van der Waals surface area contributed by atoms with Crippen LogP contribution in [0.15, 0.2) is 48.7 Å². The van der Waals surface area contributed by atoms with Gasteiger partial charge in [-0.1, -0.05) is 18.2 Å². The number of ether oxygens (including phenoxy) is 1. The lowest BCUT2D eigenvalue weighted by Gasteiger charge is -2.26. The third kappa shape index (κ3) is 5.45. The van der Waals surface area contributed by atoms with E-state index in [4.69, 9.17) is 4.74 Å². The molecule has 1 fully saturated rings. The molecule has 7 heteroatoms. The Morgan fingerprint density at radius 1 is 1.29 bits per heavy atom. The molecular weight excluding hydrogens is 356 g/mol. The molecule has 0 saturated carbocycles. The van der Waals surface area contributed by atoms with E-state index in [9.17, 15) is 9.59 Å². The fourth-order valence-corrected chi connectivity index (χ4v) is 3.11. The Kier molecular flexibility index (Phi) is 6.47. The van der Waals surface area contributed by atoms with Gasteiger partial charge in [0.05, 0.1) is 24.0 Å². The van der Waals surface area contributed by atoms with Gasteiger partial charge in [-0.2, -0.15) is 0 Å². The van der Waals surface area contributed by atoms with Gasteiger partial charge < -0.3 is 20.3 Å². The van der Waals surface area contributed by atoms with Crippen LogP contribution in [0.1, 0.15) is 32.4 Å². The molecule has 28 heavy (non-hydrogen) atoms. The van der Waals surface area contributed by atoms with Crippen LogP contribution in [-0.2, 0) is 11.3 Å². The van der Waals surface area contributed by atoms with Crippen LogP contribution in [0.25, 0.3) is 0 Å². The second-order valence-electron chi connectivity index (χ2n) is 7.10. The third-order valence-electron chi connectivity index (χ3n) is 4.38. The predicted molar refractivity (Wildman–Crippen MR) is 107 cm³/mol. The largest absolute Gasteiger partial charge is 0.489 e. The molecule has 3 rings (SSSR count). The molecule has 1 aromatic heterocycles. The van der Waals surface area contributed by atoms with Crippen molar-refractivity contribution in [1.82, 2.24) is 15.2 Å². The molecule has 1 atom stereocenters. The summed E-state index contributed by atoms with van der Waals surface area (Å²) in [5.41, 5.74) is 1.40. The molecule has 1 aliphatic rings. The number of carbonyl (C=O) groups is 2. The molecule has 1 saturated heterocycles. The van der Waals surface area contributed by atoms with Gasteiger partial charge in [0.25, 0.3) is 0 Å². The zero-order chi connectivity index (χ0) is 19.9. The minimum absolute atomic E-state index is 0.00336. The number of benzene rings is 1. The molecule has 2 heterocycles. The summed E-state index contributed by atoms with van der Waals surface area (Å²) in [5.74, 6) is 0.650. The van der Waals surface area contributed by atoms with E-state index in [-0.39, 0.29) is 24.1 Å². The maximum Gasteiger partial charge on any atom is 0.322 e. The molecule has 2 N–H and O–H groups in total. The summed E-state index contributed by atoms with van der Waals surface area (Å²) in [7, 11) is 0. The monoisotopic (exact) mass is 382 g/mol. The number of carbonyl (C=O) groups excluding carboxylic acids is 2. The van der Waals surface area contributed by atoms with Crippen LogP contribution in [0.4, 0.5) is 10.5 Å². The van der Waals surface area contributed by atoms with Crippen LogP contribution in [-0.4, -0.2) is 40.5 Å². The number of anilines is 1. The number of nitrogens with one attached hydrogen (secondary N) is 2. The van der Waals surface area contributed by atoms with Crippen LogP contribution in [0.2, 0.25) is 0 Å². The van der Waals surface area contributed by atoms with E-state index in [0.717, 1.165) is 12.1 Å². The molecule has 0 bridgehead atoms. The smallest absolute Gasteiger partial charge is 0.322 e. The highest BCUT2D eigenvalue weighted by atomic mass is 16.5. The number of urea groups is 1. The molecule has 0 radical (unpaired) electrons. The lowest BCUT2D eigenvalue weighted by Crippen LogP contribution is -2.43. The second-order valence-corrected chi connectivity index (χ2v) is 7.10. The first-order valence-corrected chi connectivity index (χ1v) is 9.52. The normalized spacial score (nSPS) is 16.0. The molecule has 0 aliphatic carbocycles. The number of pyridine rings is 1. The van der Waals surface area contributed by atoms with Crippen LogP contribution in [0, 0.1) is 0 Å². The number of rotatable bonds is 7. The van der Waals surface area contributed by atoms with Crippen molar-refractivity contribution in [3.05, 3.63) is 54.4 Å². The quantitative estimate of drug-likeness (QED) is 0.770. The van der Waals surface area contributed by atoms with E-state index in [1.54, 1.807) is 11.1 Å². The Labute approximate surface area is 165 Å². The Morgan fingerprint density at radius 2 is 2.07 bits per heavy atom. The average Bonchev–Trinajstić information content (AvgIpc) is 3.08. The number of para-hydroxylation sites is 2. The predicted octanol–water partition coefficient (Wildman–Crippen LogP) is 3.18. The highest BCUT2D eigenvalue weighted by Crippen LogP contribution is 2.25. The van der Waals surface area contributed by atoms with Crippen molar-refractivity contribution in [1.29, 1.82) is 0 Å². The number of hydrogen-bond donors (Lipinski definition) is 2. The van der Waals surface area contributed by atoms with Gasteiger partial charge in [-0.25, -0.2) is 4.79 Å². The van der Waals surface area contributed by atoms with Crippen LogP contribution in [0.3, 0.4) is 0 Å². The van der Waals surface area contributed by atoms with E-state index < -0.39 is 0 Å². The van der Waals surface area contributed by atoms with Gasteiger partial charge in [-0.05, 0) is 44.5 Å². The topological polar surface area (TPSA) is 83.6 Å². The second kappa shape index (κ2) is 9.21. The van der Waals surface area contributed by atoms with Crippen molar-refractivity contribution in [3.8, 4) is 5.75 Å². The van der Waals surface area contributed by atoms with Gasteiger partial charge in [0.15, 0.2) is 0 Å². The lowest BCUT2D eigenvalue weighted by molar-refractivity contribution is -0.119. The minimum Gasteiger partial charge on any atom is -0.489 e. The van der Waals surface area contributed by atoms with Crippen LogP contribution >= 0.6 is 0 Å². The van der Waals surface area contributed by atoms with Gasteiger partial charge in [0, 0.05) is 25.2 Å². The molecular formula is C21H26N4O3. The van der Waals surface area contributed by atoms with Gasteiger partial charge in [0.2, 0.25) is 5.91 Å². The SMILES string of the molecule is CC(C)Oc1ccccc1NC(=O)N(Cc1ccccn1)C[C@@H]1CCC(=O)N1. The highest BCUT2D eigenvalue weighted by molar-refractivity contribution is 5.91. The first-order valence-electron chi connectivity index (χ1n) is 9.52. The Hall–Kier alpha value is -3.09. The summed E-state index contributed by atoms with van der Waals surface area (Å²) < 4.78 is 5.79. The molecule has 1 aliphatic heterocycles. The molecule has 1 aromatic carbocycles. The summed E-state index contributed by atoms with van der Waals surface area (Å²) in [6.07, 6.45) is 2.91. The maximum absolute atomic E-state index is 13.0. The van der Waals surface area contributed by atoms with Crippen molar-refractivity contribution in [2.24, 2.45) is 0 Å². The zero-order valence-corrected chi connectivity index (χ0v) is 16.2. The van der Waals surface area contributed by atoms with Gasteiger partial charge in [-0.15, -0.1) is 0 Å². The number of amides is 3. The van der Waals surface area contributed by atoms with E-state index in [0.29, 0.717) is 30.9 Å².